The molecule has 3 aromatic carbocycles. The number of halogens is 1. The third-order valence-corrected chi connectivity index (χ3v) is 6.34. The maximum atomic E-state index is 13.8. The van der Waals surface area contributed by atoms with Gasteiger partial charge in [-0.25, -0.2) is 0 Å². The fraction of sp³-hybridized carbons (Fsp3) is 0.321. The van der Waals surface area contributed by atoms with Gasteiger partial charge in [-0.1, -0.05) is 54.9 Å². The second-order valence-corrected chi connectivity index (χ2v) is 10.3. The van der Waals surface area contributed by atoms with E-state index in [9.17, 15) is 14.4 Å². The van der Waals surface area contributed by atoms with Gasteiger partial charge in [-0.05, 0) is 62.4 Å². The highest BCUT2D eigenvalue weighted by Gasteiger charge is 2.35. The second-order valence-electron chi connectivity index (χ2n) is 9.88. The Balaban J connectivity index is 1.66. The Bertz CT molecular complexity index is 1280. The third-order valence-electron chi connectivity index (χ3n) is 6.09. The van der Waals surface area contributed by atoms with Crippen molar-refractivity contribution < 1.29 is 14.4 Å². The normalized spacial score (nSPS) is 13.7. The summed E-state index contributed by atoms with van der Waals surface area (Å²) in [7, 11) is 0. The van der Waals surface area contributed by atoms with Crippen LogP contribution >= 0.6 is 11.6 Å². The molecule has 0 spiro atoms. The molecule has 0 saturated heterocycles. The smallest absolute Gasteiger partial charge is 0.259 e. The van der Waals surface area contributed by atoms with Crippen LogP contribution in [0.15, 0.2) is 60.7 Å². The number of anilines is 1. The minimum atomic E-state index is -0.687. The van der Waals surface area contributed by atoms with Crippen molar-refractivity contribution in [1.82, 2.24) is 10.2 Å². The van der Waals surface area contributed by atoms with Gasteiger partial charge in [0.05, 0.1) is 5.69 Å². The lowest BCUT2D eigenvalue weighted by Crippen LogP contribution is -2.55. The molecule has 7 heteroatoms. The lowest BCUT2D eigenvalue weighted by atomic mass is 10.1. The SMILES string of the molecule is CC[C@H](C(=O)NC(C)(C)C)N(Cc1ccc(Cl)cc1)C(=O)CN1C(=O)c2cccc3cccc1c23. The molecular weight excluding hydrogens is 462 g/mol. The van der Waals surface area contributed by atoms with Crippen molar-refractivity contribution >= 4 is 45.8 Å². The summed E-state index contributed by atoms with van der Waals surface area (Å²) in [6.45, 7) is 7.68. The number of carbonyl (C=O) groups excluding carboxylic acids is 3. The molecule has 4 rings (SSSR count). The molecule has 182 valence electrons. The number of rotatable bonds is 7. The van der Waals surface area contributed by atoms with Gasteiger partial charge in [0, 0.05) is 28.1 Å². The van der Waals surface area contributed by atoms with Crippen LogP contribution in [0, 0.1) is 0 Å². The zero-order chi connectivity index (χ0) is 25.3. The van der Waals surface area contributed by atoms with Crippen LogP contribution in [0.4, 0.5) is 5.69 Å². The monoisotopic (exact) mass is 491 g/mol. The molecule has 0 unspecified atom stereocenters. The largest absolute Gasteiger partial charge is 0.350 e. The number of hydrogen-bond donors (Lipinski definition) is 1. The minimum Gasteiger partial charge on any atom is -0.350 e. The number of amides is 3. The van der Waals surface area contributed by atoms with Gasteiger partial charge in [0.15, 0.2) is 0 Å². The standard InChI is InChI=1S/C28H30ClN3O3/c1-5-22(26(34)30-28(2,3)4)31(16-18-12-14-20(29)15-13-18)24(33)17-32-23-11-7-9-19-8-6-10-21(25(19)23)27(32)35/h6-15,22H,5,16-17H2,1-4H3,(H,30,34)/t22-/m1/s1. The molecule has 3 aromatic rings. The Kier molecular flexibility index (Phi) is 6.86. The van der Waals surface area contributed by atoms with E-state index in [1.54, 1.807) is 23.1 Å². The Morgan fingerprint density at radius 1 is 1.03 bits per heavy atom. The van der Waals surface area contributed by atoms with Crippen LogP contribution in [-0.2, 0) is 16.1 Å². The van der Waals surface area contributed by atoms with Crippen LogP contribution in [0.1, 0.15) is 50.0 Å². The van der Waals surface area contributed by atoms with E-state index in [0.717, 1.165) is 22.0 Å². The van der Waals surface area contributed by atoms with E-state index in [-0.39, 0.29) is 30.8 Å². The van der Waals surface area contributed by atoms with E-state index in [1.807, 2.05) is 70.2 Å². The summed E-state index contributed by atoms with van der Waals surface area (Å²) in [6.07, 6.45) is 0.436. The van der Waals surface area contributed by atoms with E-state index in [0.29, 0.717) is 17.0 Å². The summed E-state index contributed by atoms with van der Waals surface area (Å²) in [4.78, 5) is 43.3. The predicted molar refractivity (Wildman–Crippen MR) is 140 cm³/mol. The van der Waals surface area contributed by atoms with Crippen LogP contribution in [0.2, 0.25) is 5.02 Å². The quantitative estimate of drug-likeness (QED) is 0.495. The van der Waals surface area contributed by atoms with Crippen LogP contribution in [-0.4, -0.2) is 40.7 Å². The maximum Gasteiger partial charge on any atom is 0.259 e. The molecule has 0 fully saturated rings. The highest BCUT2D eigenvalue weighted by molar-refractivity contribution is 6.30. The van der Waals surface area contributed by atoms with E-state index < -0.39 is 11.6 Å². The molecule has 35 heavy (non-hydrogen) atoms. The Morgan fingerprint density at radius 3 is 2.31 bits per heavy atom. The van der Waals surface area contributed by atoms with E-state index in [2.05, 4.69) is 5.32 Å². The van der Waals surface area contributed by atoms with Crippen molar-refractivity contribution in [1.29, 1.82) is 0 Å². The van der Waals surface area contributed by atoms with Crippen LogP contribution in [0.5, 0.6) is 0 Å². The van der Waals surface area contributed by atoms with E-state index in [1.165, 1.54) is 4.90 Å². The lowest BCUT2D eigenvalue weighted by molar-refractivity contribution is -0.141. The van der Waals surface area contributed by atoms with E-state index in [4.69, 9.17) is 11.6 Å². The molecule has 0 bridgehead atoms. The molecule has 1 N–H and O–H groups in total. The molecule has 0 aromatic heterocycles. The summed E-state index contributed by atoms with van der Waals surface area (Å²) in [6, 6.07) is 17.8. The average Bonchev–Trinajstić information content (AvgIpc) is 3.07. The zero-order valence-electron chi connectivity index (χ0n) is 20.5. The highest BCUT2D eigenvalue weighted by Crippen LogP contribution is 2.37. The van der Waals surface area contributed by atoms with Crippen molar-refractivity contribution in [2.45, 2.75) is 52.2 Å². The number of nitrogens with one attached hydrogen (secondary N) is 1. The topological polar surface area (TPSA) is 69.7 Å². The van der Waals surface area contributed by atoms with Crippen molar-refractivity contribution in [2.75, 3.05) is 11.4 Å². The van der Waals surface area contributed by atoms with Crippen LogP contribution in [0.3, 0.4) is 0 Å². The fourth-order valence-electron chi connectivity index (χ4n) is 4.52. The van der Waals surface area contributed by atoms with Gasteiger partial charge >= 0.3 is 0 Å². The van der Waals surface area contributed by atoms with Gasteiger partial charge in [-0.3, -0.25) is 19.3 Å². The van der Waals surface area contributed by atoms with Crippen molar-refractivity contribution in [2.24, 2.45) is 0 Å². The maximum absolute atomic E-state index is 13.8. The first kappa shape index (κ1) is 24.7. The first-order chi connectivity index (χ1) is 16.6. The van der Waals surface area contributed by atoms with Gasteiger partial charge in [0.25, 0.3) is 5.91 Å². The lowest BCUT2D eigenvalue weighted by Gasteiger charge is -2.34. The van der Waals surface area contributed by atoms with Crippen molar-refractivity contribution in [3.05, 3.63) is 76.8 Å². The van der Waals surface area contributed by atoms with Crippen LogP contribution in [0.25, 0.3) is 10.8 Å². The average molecular weight is 492 g/mol. The predicted octanol–water partition coefficient (Wildman–Crippen LogP) is 5.18. The summed E-state index contributed by atoms with van der Waals surface area (Å²) in [5.41, 5.74) is 1.72. The second kappa shape index (κ2) is 9.70. The minimum absolute atomic E-state index is 0.153. The molecule has 1 aliphatic rings. The molecule has 0 radical (unpaired) electrons. The first-order valence-corrected chi connectivity index (χ1v) is 12.2. The van der Waals surface area contributed by atoms with Crippen LogP contribution < -0.4 is 10.2 Å². The summed E-state index contributed by atoms with van der Waals surface area (Å²) in [5.74, 6) is -0.724. The molecule has 0 aliphatic carbocycles. The Labute approximate surface area is 210 Å². The van der Waals surface area contributed by atoms with Gasteiger partial charge in [-0.15, -0.1) is 0 Å². The zero-order valence-corrected chi connectivity index (χ0v) is 21.2. The highest BCUT2D eigenvalue weighted by atomic mass is 35.5. The number of benzene rings is 3. The number of carbonyl (C=O) groups is 3. The number of hydrogen-bond acceptors (Lipinski definition) is 3. The molecule has 1 atom stereocenters. The Hall–Kier alpha value is -3.38. The fourth-order valence-corrected chi connectivity index (χ4v) is 4.65. The van der Waals surface area contributed by atoms with Gasteiger partial charge in [-0.2, -0.15) is 0 Å². The van der Waals surface area contributed by atoms with Crippen molar-refractivity contribution in [3.63, 3.8) is 0 Å². The Morgan fingerprint density at radius 2 is 1.69 bits per heavy atom. The third kappa shape index (κ3) is 5.17. The van der Waals surface area contributed by atoms with E-state index >= 15 is 0 Å². The molecule has 0 saturated carbocycles. The number of nitrogens with zero attached hydrogens (tertiary/aromatic N) is 2. The molecule has 1 aliphatic heterocycles. The molecule has 6 nitrogen and oxygen atoms in total. The molecular formula is C28H30ClN3O3. The summed E-state index contributed by atoms with van der Waals surface area (Å²) in [5, 5.41) is 5.41. The summed E-state index contributed by atoms with van der Waals surface area (Å²) < 4.78 is 0. The molecule has 3 amide bonds. The van der Waals surface area contributed by atoms with Gasteiger partial charge < -0.3 is 10.2 Å². The van der Waals surface area contributed by atoms with Gasteiger partial charge in [0.2, 0.25) is 11.8 Å². The van der Waals surface area contributed by atoms with Crippen molar-refractivity contribution in [3.8, 4) is 0 Å². The first-order valence-electron chi connectivity index (χ1n) is 11.8. The summed E-state index contributed by atoms with van der Waals surface area (Å²) >= 11 is 6.05. The van der Waals surface area contributed by atoms with Gasteiger partial charge in [0.1, 0.15) is 12.6 Å². The molecule has 1 heterocycles.